The lowest BCUT2D eigenvalue weighted by atomic mass is 10.1. The molecular weight excluding hydrogens is 596 g/mol. The zero-order valence-corrected chi connectivity index (χ0v) is 22.7. The van der Waals surface area contributed by atoms with Crippen LogP contribution >= 0.6 is 34.8 Å². The molecule has 0 unspecified atom stereocenters. The second-order valence-electron chi connectivity index (χ2n) is 8.30. The van der Waals surface area contributed by atoms with Gasteiger partial charge in [-0.1, -0.05) is 46.9 Å². The number of halogens is 6. The van der Waals surface area contributed by atoms with Crippen molar-refractivity contribution >= 4 is 64.4 Å². The fraction of sp³-hybridized carbons (Fsp3) is 0.148. The third-order valence-electron chi connectivity index (χ3n) is 5.57. The monoisotopic (exact) mass is 612 g/mol. The summed E-state index contributed by atoms with van der Waals surface area (Å²) in [6.45, 7) is 2.14. The number of hydrogen-bond donors (Lipinski definition) is 1. The summed E-state index contributed by atoms with van der Waals surface area (Å²) in [6, 6.07) is 10.5. The van der Waals surface area contributed by atoms with Gasteiger partial charge < -0.3 is 9.47 Å². The van der Waals surface area contributed by atoms with E-state index in [0.717, 1.165) is 11.6 Å². The van der Waals surface area contributed by atoms with Crippen molar-refractivity contribution in [1.29, 1.82) is 0 Å². The van der Waals surface area contributed by atoms with Crippen LogP contribution in [0.4, 0.5) is 23.7 Å². The van der Waals surface area contributed by atoms with Crippen LogP contribution in [0.1, 0.15) is 23.6 Å². The topological polar surface area (TPSA) is 84.9 Å². The largest absolute Gasteiger partial charge is 0.490 e. The first-order valence-electron chi connectivity index (χ1n) is 11.5. The highest BCUT2D eigenvalue weighted by molar-refractivity contribution is 6.42. The van der Waals surface area contributed by atoms with E-state index in [-0.39, 0.29) is 24.0 Å². The molecule has 0 aliphatic carbocycles. The number of barbiturate groups is 1. The number of alkyl halides is 3. The van der Waals surface area contributed by atoms with E-state index < -0.39 is 40.8 Å². The number of hydrogen-bond acceptors (Lipinski definition) is 5. The minimum Gasteiger partial charge on any atom is -0.490 e. The van der Waals surface area contributed by atoms with E-state index in [9.17, 15) is 27.6 Å². The maximum absolute atomic E-state index is 13.3. The summed E-state index contributed by atoms with van der Waals surface area (Å²) < 4.78 is 51.3. The molecule has 13 heteroatoms. The van der Waals surface area contributed by atoms with Crippen LogP contribution in [0.3, 0.4) is 0 Å². The number of urea groups is 1. The molecule has 3 aromatic rings. The molecular formula is C27H18Cl3F3N2O5. The highest BCUT2D eigenvalue weighted by Crippen LogP contribution is 2.37. The minimum absolute atomic E-state index is 0.132. The lowest BCUT2D eigenvalue weighted by Gasteiger charge is -2.27. The molecule has 1 fully saturated rings. The zero-order valence-electron chi connectivity index (χ0n) is 20.4. The van der Waals surface area contributed by atoms with Crippen molar-refractivity contribution in [3.05, 3.63) is 91.9 Å². The molecule has 4 amide bonds. The molecule has 7 nitrogen and oxygen atoms in total. The Morgan fingerprint density at radius 1 is 0.875 bits per heavy atom. The van der Waals surface area contributed by atoms with Gasteiger partial charge in [0, 0.05) is 0 Å². The summed E-state index contributed by atoms with van der Waals surface area (Å²) >= 11 is 18.0. The Morgan fingerprint density at radius 3 is 2.27 bits per heavy atom. The molecule has 1 aliphatic rings. The highest BCUT2D eigenvalue weighted by Gasteiger charge is 2.39. The van der Waals surface area contributed by atoms with Crippen LogP contribution < -0.4 is 19.7 Å². The van der Waals surface area contributed by atoms with Crippen molar-refractivity contribution in [2.45, 2.75) is 19.7 Å². The van der Waals surface area contributed by atoms with Crippen LogP contribution in [0, 0.1) is 0 Å². The van der Waals surface area contributed by atoms with E-state index in [1.54, 1.807) is 31.2 Å². The quantitative estimate of drug-likeness (QED) is 0.223. The Balaban J connectivity index is 1.65. The average molecular weight is 614 g/mol. The molecule has 208 valence electrons. The number of ether oxygens (including phenoxy) is 2. The van der Waals surface area contributed by atoms with Crippen molar-refractivity contribution in [1.82, 2.24) is 5.32 Å². The van der Waals surface area contributed by atoms with Gasteiger partial charge in [0.1, 0.15) is 12.2 Å². The van der Waals surface area contributed by atoms with Crippen LogP contribution in [0.15, 0.2) is 60.2 Å². The molecule has 1 saturated heterocycles. The minimum atomic E-state index is -4.76. The predicted molar refractivity (Wildman–Crippen MR) is 144 cm³/mol. The molecule has 0 bridgehead atoms. The lowest BCUT2D eigenvalue weighted by Crippen LogP contribution is -2.54. The van der Waals surface area contributed by atoms with Gasteiger partial charge in [0.05, 0.1) is 32.9 Å². The van der Waals surface area contributed by atoms with E-state index in [1.807, 2.05) is 5.32 Å². The van der Waals surface area contributed by atoms with Gasteiger partial charge in [-0.25, -0.2) is 9.69 Å². The summed E-state index contributed by atoms with van der Waals surface area (Å²) in [5.41, 5.74) is -1.12. The fourth-order valence-corrected chi connectivity index (χ4v) is 4.22. The second-order valence-corrected chi connectivity index (χ2v) is 9.52. The van der Waals surface area contributed by atoms with Gasteiger partial charge in [-0.15, -0.1) is 0 Å². The van der Waals surface area contributed by atoms with E-state index >= 15 is 0 Å². The second kappa shape index (κ2) is 11.8. The Kier molecular flexibility index (Phi) is 8.62. The van der Waals surface area contributed by atoms with Crippen LogP contribution in [0.2, 0.25) is 15.1 Å². The molecule has 0 aromatic heterocycles. The lowest BCUT2D eigenvalue weighted by molar-refractivity contribution is -0.137. The number of carbonyl (C=O) groups is 3. The summed E-state index contributed by atoms with van der Waals surface area (Å²) in [5, 5.41) is 2.42. The number of rotatable bonds is 7. The average Bonchev–Trinajstić information content (AvgIpc) is 2.88. The van der Waals surface area contributed by atoms with Crippen LogP contribution in [-0.4, -0.2) is 24.5 Å². The summed E-state index contributed by atoms with van der Waals surface area (Å²) in [5.74, 6) is -1.56. The number of anilines is 1. The molecule has 1 aliphatic heterocycles. The van der Waals surface area contributed by atoms with Gasteiger partial charge in [0.2, 0.25) is 0 Å². The van der Waals surface area contributed by atoms with E-state index in [4.69, 9.17) is 44.3 Å². The Bertz CT molecular complexity index is 1540. The first-order valence-corrected chi connectivity index (χ1v) is 12.6. The van der Waals surface area contributed by atoms with Gasteiger partial charge in [-0.05, 0) is 66.6 Å². The predicted octanol–water partition coefficient (Wildman–Crippen LogP) is 7.31. The highest BCUT2D eigenvalue weighted by atomic mass is 35.5. The van der Waals surface area contributed by atoms with E-state index in [1.165, 1.54) is 18.2 Å². The molecule has 4 rings (SSSR count). The smallest absolute Gasteiger partial charge is 0.416 e. The molecule has 3 aromatic carbocycles. The summed E-state index contributed by atoms with van der Waals surface area (Å²) in [4.78, 5) is 38.6. The Labute approximate surface area is 241 Å². The number of nitrogens with one attached hydrogen (secondary N) is 1. The van der Waals surface area contributed by atoms with Crippen molar-refractivity contribution in [2.24, 2.45) is 0 Å². The Morgan fingerprint density at radius 2 is 1.60 bits per heavy atom. The van der Waals surface area contributed by atoms with Crippen molar-refractivity contribution < 1.29 is 37.0 Å². The SMILES string of the molecule is CCOc1cc(/C=C2\C(=O)NC(=O)N(c3cc(C(F)(F)F)ccc3Cl)C2=O)ccc1OCc1ccc(Cl)c(Cl)c1. The zero-order chi connectivity index (χ0) is 29.2. The maximum atomic E-state index is 13.3. The summed E-state index contributed by atoms with van der Waals surface area (Å²) in [6.07, 6.45) is -3.59. The molecule has 0 spiro atoms. The molecule has 1 N–H and O–H groups in total. The van der Waals surface area contributed by atoms with Crippen molar-refractivity contribution in [2.75, 3.05) is 11.5 Å². The normalized spacial score (nSPS) is 14.9. The van der Waals surface area contributed by atoms with Crippen molar-refractivity contribution in [3.63, 3.8) is 0 Å². The summed E-state index contributed by atoms with van der Waals surface area (Å²) in [7, 11) is 0. The Hall–Kier alpha value is -3.73. The van der Waals surface area contributed by atoms with E-state index in [2.05, 4.69) is 0 Å². The number of carbonyl (C=O) groups excluding carboxylic acids is 3. The number of benzene rings is 3. The van der Waals surface area contributed by atoms with Gasteiger partial charge in [-0.2, -0.15) is 13.2 Å². The van der Waals surface area contributed by atoms with Crippen LogP contribution in [0.25, 0.3) is 6.08 Å². The molecule has 0 radical (unpaired) electrons. The molecule has 40 heavy (non-hydrogen) atoms. The maximum Gasteiger partial charge on any atom is 0.416 e. The molecule has 0 saturated carbocycles. The van der Waals surface area contributed by atoms with E-state index in [0.29, 0.717) is 38.4 Å². The number of nitrogens with zero attached hydrogens (tertiary/aromatic N) is 1. The van der Waals surface area contributed by atoms with Gasteiger partial charge in [0.15, 0.2) is 11.5 Å². The fourth-order valence-electron chi connectivity index (χ4n) is 3.70. The number of imide groups is 2. The standard InChI is InChI=1S/C27H18Cl3F3N2O5/c1-2-39-23-11-14(4-8-22(23)40-13-15-3-6-18(28)20(30)10-15)9-17-24(36)34-26(38)35(25(17)37)21-12-16(27(31,32)33)5-7-19(21)29/h3-12H,2,13H2,1H3,(H,34,36,38)/b17-9+. The van der Waals surface area contributed by atoms with Crippen LogP contribution in [-0.2, 0) is 22.4 Å². The van der Waals surface area contributed by atoms with Crippen LogP contribution in [0.5, 0.6) is 11.5 Å². The van der Waals surface area contributed by atoms with Gasteiger partial charge >= 0.3 is 12.2 Å². The van der Waals surface area contributed by atoms with Crippen molar-refractivity contribution in [3.8, 4) is 11.5 Å². The molecule has 1 heterocycles. The third-order valence-corrected chi connectivity index (χ3v) is 6.63. The first kappa shape index (κ1) is 29.3. The third kappa shape index (κ3) is 6.35. The number of amides is 4. The van der Waals surface area contributed by atoms with Gasteiger partial charge in [0.25, 0.3) is 11.8 Å². The molecule has 0 atom stereocenters. The van der Waals surface area contributed by atoms with Gasteiger partial charge in [-0.3, -0.25) is 14.9 Å². The first-order chi connectivity index (χ1) is 18.9.